The Bertz CT molecular complexity index is 1030. The van der Waals surface area contributed by atoms with E-state index in [0.717, 1.165) is 12.1 Å². The first-order chi connectivity index (χ1) is 14.7. The highest BCUT2D eigenvalue weighted by Crippen LogP contribution is 2.46. The van der Waals surface area contributed by atoms with E-state index in [1.165, 1.54) is 30.0 Å². The zero-order chi connectivity index (χ0) is 22.2. The maximum absolute atomic E-state index is 14.9. The Morgan fingerprint density at radius 1 is 1.29 bits per heavy atom. The number of aliphatic imine (C=N–C) groups is 1. The molecule has 2 aliphatic heterocycles. The van der Waals surface area contributed by atoms with Crippen LogP contribution in [0.4, 0.5) is 23.2 Å². The van der Waals surface area contributed by atoms with Crippen molar-refractivity contribution < 1.29 is 27.1 Å². The minimum Gasteiger partial charge on any atom is -0.381 e. The number of amidine groups is 1. The number of hydrogen-bond donors (Lipinski definition) is 2. The molecule has 2 aromatic rings. The molecule has 1 aromatic heterocycles. The van der Waals surface area contributed by atoms with Crippen molar-refractivity contribution in [3.8, 4) is 0 Å². The van der Waals surface area contributed by atoms with Crippen molar-refractivity contribution in [2.24, 2.45) is 16.6 Å². The van der Waals surface area contributed by atoms with Crippen LogP contribution in [0.5, 0.6) is 0 Å². The number of alkyl halides is 3. The van der Waals surface area contributed by atoms with Crippen LogP contribution in [0, 0.1) is 11.7 Å². The highest BCUT2D eigenvalue weighted by atomic mass is 32.2. The molecule has 4 rings (SSSR count). The van der Waals surface area contributed by atoms with Crippen LogP contribution in [0.2, 0.25) is 0 Å². The average molecular weight is 454 g/mol. The van der Waals surface area contributed by atoms with Gasteiger partial charge in [-0.05, 0) is 30.3 Å². The topological polar surface area (TPSA) is 89.6 Å². The van der Waals surface area contributed by atoms with Gasteiger partial charge in [0, 0.05) is 42.1 Å². The van der Waals surface area contributed by atoms with Crippen LogP contribution in [-0.4, -0.2) is 35.0 Å². The fraction of sp³-hybridized carbons (Fsp3) is 0.350. The van der Waals surface area contributed by atoms with Crippen LogP contribution in [0.1, 0.15) is 28.0 Å². The summed E-state index contributed by atoms with van der Waals surface area (Å²) in [7, 11) is 0. The van der Waals surface area contributed by atoms with Crippen molar-refractivity contribution >= 4 is 28.5 Å². The van der Waals surface area contributed by atoms with Crippen LogP contribution in [0.3, 0.4) is 0 Å². The van der Waals surface area contributed by atoms with Crippen LogP contribution in [0.25, 0.3) is 0 Å². The lowest BCUT2D eigenvalue weighted by Crippen LogP contribution is -2.47. The summed E-state index contributed by atoms with van der Waals surface area (Å²) < 4.78 is 58.5. The number of benzene rings is 1. The summed E-state index contributed by atoms with van der Waals surface area (Å²) in [6.07, 6.45) is -3.52. The number of halogens is 4. The van der Waals surface area contributed by atoms with Crippen molar-refractivity contribution in [1.29, 1.82) is 0 Å². The monoisotopic (exact) mass is 454 g/mol. The largest absolute Gasteiger partial charge is 0.417 e. The van der Waals surface area contributed by atoms with E-state index in [2.05, 4.69) is 15.3 Å². The van der Waals surface area contributed by atoms with Crippen molar-refractivity contribution in [2.75, 3.05) is 24.3 Å². The number of fused-ring (bicyclic) bond motifs is 1. The molecular formula is C20H18F4N4O2S. The Balaban J connectivity index is 1.62. The maximum atomic E-state index is 14.9. The lowest BCUT2D eigenvalue weighted by atomic mass is 9.75. The van der Waals surface area contributed by atoms with E-state index >= 15 is 0 Å². The molecule has 2 atom stereocenters. The van der Waals surface area contributed by atoms with E-state index in [-0.39, 0.29) is 17.3 Å². The smallest absolute Gasteiger partial charge is 0.381 e. The Morgan fingerprint density at radius 2 is 2.10 bits per heavy atom. The lowest BCUT2D eigenvalue weighted by Gasteiger charge is -2.44. The fourth-order valence-electron chi connectivity index (χ4n) is 3.78. The number of nitrogens with two attached hydrogens (primary N) is 1. The molecule has 3 N–H and O–H groups in total. The van der Waals surface area contributed by atoms with Gasteiger partial charge >= 0.3 is 6.18 Å². The third-order valence-corrected chi connectivity index (χ3v) is 6.33. The van der Waals surface area contributed by atoms with Crippen molar-refractivity contribution in [3.63, 3.8) is 0 Å². The van der Waals surface area contributed by atoms with Crippen LogP contribution in [0.15, 0.2) is 41.5 Å². The summed E-state index contributed by atoms with van der Waals surface area (Å²) in [5.41, 5.74) is 4.46. The maximum Gasteiger partial charge on any atom is 0.417 e. The van der Waals surface area contributed by atoms with Gasteiger partial charge in [-0.15, -0.1) is 0 Å². The summed E-state index contributed by atoms with van der Waals surface area (Å²) in [4.78, 5) is 20.6. The number of carbonyl (C=O) groups is 1. The van der Waals surface area contributed by atoms with Gasteiger partial charge in [0.2, 0.25) is 0 Å². The van der Waals surface area contributed by atoms with E-state index in [4.69, 9.17) is 10.5 Å². The highest BCUT2D eigenvalue weighted by Gasteiger charge is 2.47. The first kappa shape index (κ1) is 21.6. The van der Waals surface area contributed by atoms with Gasteiger partial charge in [0.05, 0.1) is 17.7 Å². The van der Waals surface area contributed by atoms with Gasteiger partial charge in [0.15, 0.2) is 5.17 Å². The van der Waals surface area contributed by atoms with Crippen LogP contribution < -0.4 is 11.1 Å². The van der Waals surface area contributed by atoms with Crippen molar-refractivity contribution in [1.82, 2.24) is 4.98 Å². The van der Waals surface area contributed by atoms with E-state index in [0.29, 0.717) is 42.3 Å². The Hall–Kier alpha value is -2.66. The Morgan fingerprint density at radius 3 is 2.81 bits per heavy atom. The molecule has 3 heterocycles. The number of carbonyl (C=O) groups excluding carboxylic acids is 1. The number of pyridine rings is 1. The average Bonchev–Trinajstić information content (AvgIpc) is 2.74. The molecule has 6 nitrogen and oxygen atoms in total. The second-order valence-electron chi connectivity index (χ2n) is 7.29. The fourth-order valence-corrected chi connectivity index (χ4v) is 4.76. The number of nitrogens with one attached hydrogen (secondary N) is 1. The summed E-state index contributed by atoms with van der Waals surface area (Å²) in [6, 6.07) is 5.85. The number of amides is 1. The Kier molecular flexibility index (Phi) is 5.65. The summed E-state index contributed by atoms with van der Waals surface area (Å²) in [5, 5.41) is 2.92. The quantitative estimate of drug-likeness (QED) is 0.689. The lowest BCUT2D eigenvalue weighted by molar-refractivity contribution is -0.137. The third kappa shape index (κ3) is 4.24. The van der Waals surface area contributed by atoms with Crippen LogP contribution in [-0.2, 0) is 16.5 Å². The van der Waals surface area contributed by atoms with Crippen LogP contribution >= 0.6 is 11.8 Å². The predicted molar refractivity (Wildman–Crippen MR) is 108 cm³/mol. The molecule has 2 aliphatic rings. The molecule has 0 unspecified atom stereocenters. The van der Waals surface area contributed by atoms with E-state index < -0.39 is 29.0 Å². The minimum atomic E-state index is -4.55. The predicted octanol–water partition coefficient (Wildman–Crippen LogP) is 3.79. The van der Waals surface area contributed by atoms with Gasteiger partial charge < -0.3 is 15.8 Å². The van der Waals surface area contributed by atoms with Gasteiger partial charge in [-0.2, -0.15) is 13.2 Å². The molecule has 11 heteroatoms. The summed E-state index contributed by atoms with van der Waals surface area (Å²) in [5.74, 6) is -0.660. The van der Waals surface area contributed by atoms with Gasteiger partial charge in [0.25, 0.3) is 5.91 Å². The minimum absolute atomic E-state index is 0.0874. The van der Waals surface area contributed by atoms with E-state index in [9.17, 15) is 22.4 Å². The molecular weight excluding hydrogens is 436 g/mol. The molecule has 1 saturated heterocycles. The molecule has 0 spiro atoms. The molecule has 0 bridgehead atoms. The zero-order valence-corrected chi connectivity index (χ0v) is 16.9. The third-order valence-electron chi connectivity index (χ3n) is 5.38. The summed E-state index contributed by atoms with van der Waals surface area (Å²) in [6.45, 7) is 0.804. The molecule has 1 aromatic carbocycles. The number of rotatable bonds is 3. The van der Waals surface area contributed by atoms with Gasteiger partial charge in [-0.25, -0.2) is 4.39 Å². The number of ether oxygens (including phenoxy) is 1. The molecule has 164 valence electrons. The standard InChI is InChI=1S/C20H18F4N4O2S/c21-15-3-2-13(27-17(29)16-4-1-11(8-26-16)20(22,23)24)7-14(15)19-5-6-30-9-12(19)10-31-18(25)28-19/h1-4,7-8,12H,5-6,9-10H2,(H2,25,28)(H,27,29)/t12-,19-/m0/s1. The second kappa shape index (κ2) is 8.12. The number of nitrogens with zero attached hydrogens (tertiary/aromatic N) is 2. The number of aromatic nitrogens is 1. The zero-order valence-electron chi connectivity index (χ0n) is 16.1. The van der Waals surface area contributed by atoms with Gasteiger partial charge in [-0.1, -0.05) is 11.8 Å². The van der Waals surface area contributed by atoms with E-state index in [1.54, 1.807) is 0 Å². The molecule has 1 amide bonds. The number of thioether (sulfide) groups is 1. The molecule has 1 fully saturated rings. The first-order valence-corrected chi connectivity index (χ1v) is 10.4. The number of hydrogen-bond acceptors (Lipinski definition) is 6. The molecule has 0 radical (unpaired) electrons. The molecule has 0 saturated carbocycles. The van der Waals surface area contributed by atoms with Gasteiger partial charge in [0.1, 0.15) is 11.5 Å². The van der Waals surface area contributed by atoms with E-state index in [1.807, 2.05) is 0 Å². The summed E-state index contributed by atoms with van der Waals surface area (Å²) >= 11 is 1.38. The van der Waals surface area contributed by atoms with Gasteiger partial charge in [-0.3, -0.25) is 14.8 Å². The Labute approximate surface area is 179 Å². The SMILES string of the molecule is NC1=N[C@@]2(c3cc(NC(=O)c4ccc(C(F)(F)F)cn4)ccc3F)CCOC[C@H]2CS1. The number of anilines is 1. The second-order valence-corrected chi connectivity index (χ2v) is 8.33. The normalized spacial score (nSPS) is 23.6. The first-order valence-electron chi connectivity index (χ1n) is 9.39. The van der Waals surface area contributed by atoms with Crippen molar-refractivity contribution in [2.45, 2.75) is 18.1 Å². The highest BCUT2D eigenvalue weighted by molar-refractivity contribution is 8.13. The molecule has 0 aliphatic carbocycles. The molecule has 31 heavy (non-hydrogen) atoms. The van der Waals surface area contributed by atoms with Crippen molar-refractivity contribution in [3.05, 3.63) is 59.2 Å².